The average Bonchev–Trinajstić information content (AvgIpc) is 3.03. The van der Waals surface area contributed by atoms with Crippen LogP contribution in [0.4, 0.5) is 13.2 Å². The largest absolute Gasteiger partial charge is 0.573 e. The van der Waals surface area contributed by atoms with Gasteiger partial charge >= 0.3 is 6.36 Å². The van der Waals surface area contributed by atoms with Crippen LogP contribution < -0.4 is 15.6 Å². The summed E-state index contributed by atoms with van der Waals surface area (Å²) in [5.41, 5.74) is 1.96. The van der Waals surface area contributed by atoms with Crippen LogP contribution >= 0.6 is 0 Å². The number of hydrogen-bond donors (Lipinski definition) is 1. The Labute approximate surface area is 182 Å². The molecule has 1 N–H and O–H groups in total. The number of nitrogens with zero attached hydrogens (tertiary/aromatic N) is 4. The number of rotatable bonds is 6. The van der Waals surface area contributed by atoms with Crippen molar-refractivity contribution in [3.8, 4) is 5.75 Å². The molecule has 3 rings (SSSR count). The lowest BCUT2D eigenvalue weighted by molar-refractivity contribution is -0.274. The van der Waals surface area contributed by atoms with Gasteiger partial charge in [0.2, 0.25) is 5.91 Å². The maximum Gasteiger partial charge on any atom is 0.573 e. The van der Waals surface area contributed by atoms with Crippen molar-refractivity contribution in [2.75, 3.05) is 0 Å². The van der Waals surface area contributed by atoms with Crippen molar-refractivity contribution in [2.45, 2.75) is 59.6 Å². The topological polar surface area (TPSA) is 91.0 Å². The van der Waals surface area contributed by atoms with Gasteiger partial charge in [-0.3, -0.25) is 14.3 Å². The predicted octanol–water partition coefficient (Wildman–Crippen LogP) is 3.57. The molecule has 0 spiro atoms. The van der Waals surface area contributed by atoms with Crippen molar-refractivity contribution >= 4 is 16.8 Å². The van der Waals surface area contributed by atoms with Crippen LogP contribution in [-0.2, 0) is 11.3 Å². The van der Waals surface area contributed by atoms with E-state index in [0.29, 0.717) is 27.9 Å². The van der Waals surface area contributed by atoms with Gasteiger partial charge in [-0.15, -0.1) is 13.2 Å². The Morgan fingerprint density at radius 2 is 1.72 bits per heavy atom. The Bertz CT molecular complexity index is 1200. The SMILES string of the molecule is Cc1nn(C(C)C)c2c(C)nn(CC(=O)N[C@@H](C)c3ccc(OC(F)(F)F)cc3)c(=O)c12. The first kappa shape index (κ1) is 23.3. The van der Waals surface area contributed by atoms with Gasteiger partial charge in [0.25, 0.3) is 5.56 Å². The number of halogens is 3. The Morgan fingerprint density at radius 3 is 2.28 bits per heavy atom. The van der Waals surface area contributed by atoms with E-state index >= 15 is 0 Å². The molecular weight excluding hydrogens is 427 g/mol. The highest BCUT2D eigenvalue weighted by Crippen LogP contribution is 2.24. The van der Waals surface area contributed by atoms with Crippen LogP contribution in [0.25, 0.3) is 10.9 Å². The first-order chi connectivity index (χ1) is 14.9. The molecular formula is C21H24F3N5O3. The number of fused-ring (bicyclic) bond motifs is 1. The number of amides is 1. The van der Waals surface area contributed by atoms with E-state index in [-0.39, 0.29) is 18.3 Å². The van der Waals surface area contributed by atoms with Gasteiger partial charge in [0.1, 0.15) is 12.3 Å². The minimum absolute atomic E-state index is 0.0408. The highest BCUT2D eigenvalue weighted by molar-refractivity contribution is 5.83. The number of nitrogens with one attached hydrogen (secondary N) is 1. The zero-order chi connectivity index (χ0) is 23.8. The van der Waals surface area contributed by atoms with Crippen molar-refractivity contribution in [1.82, 2.24) is 24.9 Å². The monoisotopic (exact) mass is 451 g/mol. The lowest BCUT2D eigenvalue weighted by Crippen LogP contribution is -2.35. The second-order valence-electron chi connectivity index (χ2n) is 7.80. The molecule has 0 unspecified atom stereocenters. The minimum Gasteiger partial charge on any atom is -0.406 e. The van der Waals surface area contributed by atoms with Gasteiger partial charge in [0.15, 0.2) is 0 Å². The van der Waals surface area contributed by atoms with Crippen molar-refractivity contribution in [2.24, 2.45) is 0 Å². The molecule has 1 aromatic carbocycles. The highest BCUT2D eigenvalue weighted by Gasteiger charge is 2.31. The standard InChI is InChI=1S/C21H24F3N5O3/c1-11(2)29-19-14(5)26-28(20(31)18(19)13(4)27-29)10-17(30)25-12(3)15-6-8-16(9-7-15)32-21(22,23)24/h6-9,11-12H,10H2,1-5H3,(H,25,30)/t12-/m0/s1. The number of ether oxygens (including phenoxy) is 1. The number of aromatic nitrogens is 4. The summed E-state index contributed by atoms with van der Waals surface area (Å²) >= 11 is 0. The molecule has 32 heavy (non-hydrogen) atoms. The summed E-state index contributed by atoms with van der Waals surface area (Å²) in [6.07, 6.45) is -4.77. The van der Waals surface area contributed by atoms with Crippen LogP contribution in [-0.4, -0.2) is 31.8 Å². The second kappa shape index (κ2) is 8.64. The van der Waals surface area contributed by atoms with Crippen molar-refractivity contribution in [3.63, 3.8) is 0 Å². The molecule has 0 bridgehead atoms. The second-order valence-corrected chi connectivity index (χ2v) is 7.80. The highest BCUT2D eigenvalue weighted by atomic mass is 19.4. The van der Waals surface area contributed by atoms with Crippen molar-refractivity contribution in [3.05, 3.63) is 51.6 Å². The molecule has 0 saturated heterocycles. The van der Waals surface area contributed by atoms with Crippen LogP contribution in [0.1, 0.15) is 49.8 Å². The number of aryl methyl sites for hydroxylation is 2. The predicted molar refractivity (Wildman–Crippen MR) is 111 cm³/mol. The first-order valence-corrected chi connectivity index (χ1v) is 9.99. The Morgan fingerprint density at radius 1 is 1.09 bits per heavy atom. The zero-order valence-electron chi connectivity index (χ0n) is 18.3. The van der Waals surface area contributed by atoms with E-state index in [0.717, 1.165) is 4.68 Å². The van der Waals surface area contributed by atoms with E-state index in [1.165, 1.54) is 24.3 Å². The molecule has 8 nitrogen and oxygen atoms in total. The molecule has 3 aromatic rings. The van der Waals surface area contributed by atoms with Crippen LogP contribution in [0, 0.1) is 13.8 Å². The number of alkyl halides is 3. The van der Waals surface area contributed by atoms with Crippen LogP contribution in [0.15, 0.2) is 29.1 Å². The molecule has 0 aliphatic carbocycles. The zero-order valence-corrected chi connectivity index (χ0v) is 18.3. The molecule has 1 atom stereocenters. The molecule has 0 saturated carbocycles. The van der Waals surface area contributed by atoms with Crippen LogP contribution in [0.5, 0.6) is 5.75 Å². The summed E-state index contributed by atoms with van der Waals surface area (Å²) in [5, 5.41) is 11.9. The molecule has 0 radical (unpaired) electrons. The fourth-order valence-electron chi connectivity index (χ4n) is 3.50. The van der Waals surface area contributed by atoms with Crippen LogP contribution in [0.3, 0.4) is 0 Å². The van der Waals surface area contributed by atoms with Crippen LogP contribution in [0.2, 0.25) is 0 Å². The van der Waals surface area contributed by atoms with Gasteiger partial charge in [-0.1, -0.05) is 12.1 Å². The number of hydrogen-bond acceptors (Lipinski definition) is 5. The van der Waals surface area contributed by atoms with E-state index in [1.54, 1.807) is 25.5 Å². The first-order valence-electron chi connectivity index (χ1n) is 9.99. The van der Waals surface area contributed by atoms with E-state index in [4.69, 9.17) is 0 Å². The van der Waals surface area contributed by atoms with E-state index in [9.17, 15) is 22.8 Å². The number of carbonyl (C=O) groups excluding carboxylic acids is 1. The van der Waals surface area contributed by atoms with E-state index < -0.39 is 23.9 Å². The maximum absolute atomic E-state index is 12.9. The minimum atomic E-state index is -4.77. The van der Waals surface area contributed by atoms with E-state index in [2.05, 4.69) is 20.3 Å². The fraction of sp³-hybridized carbons (Fsp3) is 0.429. The molecule has 172 valence electrons. The van der Waals surface area contributed by atoms with Gasteiger partial charge in [0.05, 0.1) is 28.3 Å². The summed E-state index contributed by atoms with van der Waals surface area (Å²) in [4.78, 5) is 25.5. The fourth-order valence-corrected chi connectivity index (χ4v) is 3.50. The van der Waals surface area contributed by atoms with Gasteiger partial charge in [-0.05, 0) is 52.3 Å². The Balaban J connectivity index is 1.77. The molecule has 2 heterocycles. The molecule has 0 aliphatic heterocycles. The average molecular weight is 451 g/mol. The number of benzene rings is 1. The third kappa shape index (κ3) is 4.92. The normalized spacial score (nSPS) is 12.9. The van der Waals surface area contributed by atoms with Crippen molar-refractivity contribution in [1.29, 1.82) is 0 Å². The number of carbonyl (C=O) groups is 1. The van der Waals surface area contributed by atoms with Crippen molar-refractivity contribution < 1.29 is 22.7 Å². The molecule has 0 aliphatic rings. The van der Waals surface area contributed by atoms with Gasteiger partial charge in [0, 0.05) is 6.04 Å². The third-order valence-electron chi connectivity index (χ3n) is 4.92. The summed E-state index contributed by atoms with van der Waals surface area (Å²) < 4.78 is 43.5. The molecule has 0 fully saturated rings. The maximum atomic E-state index is 12.9. The smallest absolute Gasteiger partial charge is 0.406 e. The molecule has 11 heteroatoms. The lowest BCUT2D eigenvalue weighted by atomic mass is 10.1. The van der Waals surface area contributed by atoms with Gasteiger partial charge in [-0.25, -0.2) is 4.68 Å². The van der Waals surface area contributed by atoms with E-state index in [1.807, 2.05) is 13.8 Å². The van der Waals surface area contributed by atoms with Gasteiger partial charge < -0.3 is 10.1 Å². The Hall–Kier alpha value is -3.37. The Kier molecular flexibility index (Phi) is 6.29. The summed E-state index contributed by atoms with van der Waals surface area (Å²) in [6.45, 7) is 8.77. The lowest BCUT2D eigenvalue weighted by Gasteiger charge is -2.16. The summed E-state index contributed by atoms with van der Waals surface area (Å²) in [7, 11) is 0. The third-order valence-corrected chi connectivity index (χ3v) is 4.92. The molecule has 1 amide bonds. The quantitative estimate of drug-likeness (QED) is 0.619. The van der Waals surface area contributed by atoms with Gasteiger partial charge in [-0.2, -0.15) is 10.2 Å². The summed E-state index contributed by atoms with van der Waals surface area (Å²) in [6, 6.07) is 4.73. The summed E-state index contributed by atoms with van der Waals surface area (Å²) in [5.74, 6) is -0.813. The molecule has 2 aromatic heterocycles.